The van der Waals surface area contributed by atoms with E-state index in [-0.39, 0.29) is 23.9 Å². The second kappa shape index (κ2) is 6.09. The summed E-state index contributed by atoms with van der Waals surface area (Å²) in [5.41, 5.74) is 5.15. The van der Waals surface area contributed by atoms with Crippen molar-refractivity contribution in [3.8, 4) is 0 Å². The number of ether oxygens (including phenoxy) is 1. The molecule has 0 spiro atoms. The Morgan fingerprint density at radius 1 is 1.62 bits per heavy atom. The minimum Gasteiger partial charge on any atom is -0.409 e. The largest absolute Gasteiger partial charge is 0.409 e. The second-order valence-corrected chi connectivity index (χ2v) is 5.16. The van der Waals surface area contributed by atoms with E-state index in [0.717, 1.165) is 12.5 Å². The maximum absolute atomic E-state index is 13.9. The molecule has 1 aliphatic heterocycles. The highest BCUT2D eigenvalue weighted by atomic mass is 19.1. The molecule has 1 saturated heterocycles. The first-order valence-corrected chi connectivity index (χ1v) is 6.65. The van der Waals surface area contributed by atoms with Crippen molar-refractivity contribution in [3.63, 3.8) is 0 Å². The number of oxime groups is 1. The van der Waals surface area contributed by atoms with E-state index in [9.17, 15) is 9.18 Å². The van der Waals surface area contributed by atoms with Gasteiger partial charge in [0.25, 0.3) is 5.91 Å². The minimum absolute atomic E-state index is 0.0556. The van der Waals surface area contributed by atoms with Gasteiger partial charge in [-0.1, -0.05) is 17.3 Å². The van der Waals surface area contributed by atoms with Gasteiger partial charge < -0.3 is 21.0 Å². The van der Waals surface area contributed by atoms with Gasteiger partial charge in [0.2, 0.25) is 0 Å². The van der Waals surface area contributed by atoms with Crippen LogP contribution < -0.4 is 11.1 Å². The molecule has 114 valence electrons. The lowest BCUT2D eigenvalue weighted by atomic mass is 10.0. The van der Waals surface area contributed by atoms with Crippen LogP contribution in [0.25, 0.3) is 0 Å². The molecule has 0 aliphatic carbocycles. The Morgan fingerprint density at radius 3 is 2.95 bits per heavy atom. The Hall–Kier alpha value is -2.15. The molecule has 7 heteroatoms. The monoisotopic (exact) mass is 295 g/mol. The van der Waals surface area contributed by atoms with Crippen molar-refractivity contribution < 1.29 is 19.1 Å². The molecule has 1 fully saturated rings. The maximum atomic E-state index is 13.9. The van der Waals surface area contributed by atoms with Crippen molar-refractivity contribution in [3.05, 3.63) is 35.1 Å². The van der Waals surface area contributed by atoms with Crippen molar-refractivity contribution in [2.24, 2.45) is 10.9 Å². The molecule has 0 radical (unpaired) electrons. The molecule has 4 N–H and O–H groups in total. The number of amides is 1. The molecular weight excluding hydrogens is 277 g/mol. The highest BCUT2D eigenvalue weighted by molar-refractivity contribution is 5.97. The summed E-state index contributed by atoms with van der Waals surface area (Å²) >= 11 is 0. The van der Waals surface area contributed by atoms with Crippen LogP contribution in [0.15, 0.2) is 23.4 Å². The van der Waals surface area contributed by atoms with Gasteiger partial charge in [0.05, 0.1) is 0 Å². The summed E-state index contributed by atoms with van der Waals surface area (Å²) in [5.74, 6) is -0.951. The third-order valence-corrected chi connectivity index (χ3v) is 3.60. The summed E-state index contributed by atoms with van der Waals surface area (Å²) in [6, 6.07) is 4.17. The number of nitrogens with two attached hydrogens (primary N) is 1. The summed E-state index contributed by atoms with van der Waals surface area (Å²) in [6.45, 7) is 2.35. The van der Waals surface area contributed by atoms with E-state index >= 15 is 0 Å². The van der Waals surface area contributed by atoms with Crippen molar-refractivity contribution in [1.82, 2.24) is 5.32 Å². The van der Waals surface area contributed by atoms with Crippen LogP contribution in [-0.2, 0) is 16.1 Å². The zero-order valence-corrected chi connectivity index (χ0v) is 11.7. The fourth-order valence-electron chi connectivity index (χ4n) is 2.23. The van der Waals surface area contributed by atoms with Crippen molar-refractivity contribution in [2.75, 3.05) is 6.61 Å². The fourth-order valence-corrected chi connectivity index (χ4v) is 2.23. The Morgan fingerprint density at radius 2 is 2.38 bits per heavy atom. The van der Waals surface area contributed by atoms with Crippen LogP contribution in [0.5, 0.6) is 0 Å². The lowest BCUT2D eigenvalue weighted by Crippen LogP contribution is -2.43. The number of hydrogen-bond acceptors (Lipinski definition) is 4. The first-order chi connectivity index (χ1) is 9.96. The van der Waals surface area contributed by atoms with Crippen LogP contribution in [0.2, 0.25) is 0 Å². The van der Waals surface area contributed by atoms with E-state index < -0.39 is 11.4 Å². The molecule has 1 unspecified atom stereocenters. The summed E-state index contributed by atoms with van der Waals surface area (Å²) in [6.07, 6.45) is 1.50. The second-order valence-electron chi connectivity index (χ2n) is 5.16. The Kier molecular flexibility index (Phi) is 4.42. The number of rotatable bonds is 4. The van der Waals surface area contributed by atoms with Crippen LogP contribution in [0.3, 0.4) is 0 Å². The normalized spacial score (nSPS) is 22.3. The highest BCUT2D eigenvalue weighted by Crippen LogP contribution is 2.25. The Bertz CT molecular complexity index is 569. The zero-order valence-electron chi connectivity index (χ0n) is 11.7. The van der Waals surface area contributed by atoms with Crippen LogP contribution >= 0.6 is 0 Å². The minimum atomic E-state index is -0.829. The number of nitrogens with zero attached hydrogens (tertiary/aromatic N) is 1. The topological polar surface area (TPSA) is 96.9 Å². The molecule has 1 aromatic rings. The Labute approximate surface area is 121 Å². The zero-order chi connectivity index (χ0) is 15.5. The summed E-state index contributed by atoms with van der Waals surface area (Å²) in [4.78, 5) is 12.0. The van der Waals surface area contributed by atoms with Crippen molar-refractivity contribution in [2.45, 2.75) is 31.9 Å². The predicted molar refractivity (Wildman–Crippen MR) is 74.3 cm³/mol. The van der Waals surface area contributed by atoms with Gasteiger partial charge in [-0.2, -0.15) is 0 Å². The van der Waals surface area contributed by atoms with E-state index in [2.05, 4.69) is 10.5 Å². The van der Waals surface area contributed by atoms with Crippen molar-refractivity contribution in [1.29, 1.82) is 0 Å². The molecule has 1 amide bonds. The summed E-state index contributed by atoms with van der Waals surface area (Å²) in [7, 11) is 0. The maximum Gasteiger partial charge on any atom is 0.252 e. The van der Waals surface area contributed by atoms with Gasteiger partial charge in [-0.15, -0.1) is 0 Å². The summed E-state index contributed by atoms with van der Waals surface area (Å²) in [5, 5.41) is 14.0. The van der Waals surface area contributed by atoms with Gasteiger partial charge in [-0.05, 0) is 25.8 Å². The van der Waals surface area contributed by atoms with E-state index in [1.165, 1.54) is 12.1 Å². The average Bonchev–Trinajstić information content (AvgIpc) is 2.93. The molecule has 2 rings (SSSR count). The van der Waals surface area contributed by atoms with Crippen LogP contribution in [0, 0.1) is 5.82 Å². The van der Waals surface area contributed by atoms with E-state index in [0.29, 0.717) is 18.6 Å². The molecule has 0 saturated carbocycles. The lowest BCUT2D eigenvalue weighted by molar-refractivity contribution is -0.139. The standard InChI is InChI=1S/C14H18FN3O3/c1-14(5-2-6-21-14)13(19)17-8-10-4-3-9(7-11(10)15)12(16)18-20/h3-4,7,20H,2,5-6,8H2,1H3,(H2,16,18)(H,17,19). The molecule has 1 atom stereocenters. The third kappa shape index (κ3) is 3.30. The number of halogens is 1. The number of hydrogen-bond donors (Lipinski definition) is 3. The van der Waals surface area contributed by atoms with E-state index in [1.807, 2.05) is 0 Å². The number of benzene rings is 1. The number of nitrogens with one attached hydrogen (secondary N) is 1. The summed E-state index contributed by atoms with van der Waals surface area (Å²) < 4.78 is 19.3. The average molecular weight is 295 g/mol. The van der Waals surface area contributed by atoms with Gasteiger partial charge in [0.1, 0.15) is 11.4 Å². The van der Waals surface area contributed by atoms with E-state index in [4.69, 9.17) is 15.7 Å². The lowest BCUT2D eigenvalue weighted by Gasteiger charge is -2.22. The molecular formula is C14H18FN3O3. The number of carbonyl (C=O) groups excluding carboxylic acids is 1. The number of amidine groups is 1. The van der Waals surface area contributed by atoms with Crippen molar-refractivity contribution >= 4 is 11.7 Å². The van der Waals surface area contributed by atoms with Gasteiger partial charge in [-0.3, -0.25) is 4.79 Å². The fraction of sp³-hybridized carbons (Fsp3) is 0.429. The highest BCUT2D eigenvalue weighted by Gasteiger charge is 2.37. The first-order valence-electron chi connectivity index (χ1n) is 6.65. The SMILES string of the molecule is CC1(C(=O)NCc2ccc(/C(N)=N/O)cc2F)CCCO1. The molecule has 1 aromatic carbocycles. The smallest absolute Gasteiger partial charge is 0.252 e. The molecule has 1 aliphatic rings. The van der Waals surface area contributed by atoms with Gasteiger partial charge >= 0.3 is 0 Å². The molecule has 0 bridgehead atoms. The van der Waals surface area contributed by atoms with Gasteiger partial charge in [0.15, 0.2) is 5.84 Å². The molecule has 1 heterocycles. The Balaban J connectivity index is 2.02. The van der Waals surface area contributed by atoms with Crippen LogP contribution in [0.1, 0.15) is 30.9 Å². The van der Waals surface area contributed by atoms with Gasteiger partial charge in [-0.25, -0.2) is 4.39 Å². The number of carbonyl (C=O) groups is 1. The first kappa shape index (κ1) is 15.2. The quantitative estimate of drug-likeness (QED) is 0.335. The van der Waals surface area contributed by atoms with Gasteiger partial charge in [0, 0.05) is 24.3 Å². The molecule has 0 aromatic heterocycles. The van der Waals surface area contributed by atoms with E-state index in [1.54, 1.807) is 6.92 Å². The predicted octanol–water partition coefficient (Wildman–Crippen LogP) is 1.11. The molecule has 6 nitrogen and oxygen atoms in total. The third-order valence-electron chi connectivity index (χ3n) is 3.60. The molecule has 21 heavy (non-hydrogen) atoms. The van der Waals surface area contributed by atoms with Crippen LogP contribution in [0.4, 0.5) is 4.39 Å². The van der Waals surface area contributed by atoms with Crippen LogP contribution in [-0.4, -0.2) is 29.2 Å².